The molecular formula is C61H61N5O7S3. The van der Waals surface area contributed by atoms with Gasteiger partial charge in [-0.05, 0) is 175 Å². The van der Waals surface area contributed by atoms with Crippen molar-refractivity contribution in [1.29, 1.82) is 5.26 Å². The molecule has 0 spiro atoms. The molecule has 0 aromatic heterocycles. The number of sulfonamides is 1. The predicted molar refractivity (Wildman–Crippen MR) is 301 cm³/mol. The summed E-state index contributed by atoms with van der Waals surface area (Å²) in [6.45, 7) is 11.6. The van der Waals surface area contributed by atoms with Gasteiger partial charge < -0.3 is 10.6 Å². The number of carbonyl (C=O) groups is 2. The van der Waals surface area contributed by atoms with Crippen LogP contribution in [0.1, 0.15) is 66.8 Å². The first-order valence-electron chi connectivity index (χ1n) is 25.1. The second-order valence-electron chi connectivity index (χ2n) is 20.3. The van der Waals surface area contributed by atoms with E-state index in [1.165, 1.54) is 10.6 Å². The maximum absolute atomic E-state index is 15.2. The smallest absolute Gasteiger partial charge is 0.244 e. The Labute approximate surface area is 447 Å². The third-order valence-corrected chi connectivity index (χ3v) is 20.2. The molecule has 3 unspecified atom stereocenters. The number of fused-ring (bicyclic) bond motifs is 2. The number of anilines is 1. The number of carbonyl (C=O) groups excluding carboxylic acids is 2. The van der Waals surface area contributed by atoms with Gasteiger partial charge in [-0.25, -0.2) is 25.3 Å². The van der Waals surface area contributed by atoms with Gasteiger partial charge in [0.25, 0.3) is 0 Å². The van der Waals surface area contributed by atoms with E-state index >= 15 is 4.21 Å². The molecule has 2 aliphatic heterocycles. The molecule has 7 aromatic carbocycles. The number of rotatable bonds is 13. The van der Waals surface area contributed by atoms with Crippen LogP contribution in [0.25, 0.3) is 22.3 Å². The fourth-order valence-corrected chi connectivity index (χ4v) is 16.1. The molecular weight excluding hydrogens is 1010 g/mol. The lowest BCUT2D eigenvalue weighted by Crippen LogP contribution is -2.52. The average molecular weight is 1070 g/mol. The Hall–Kier alpha value is -7.19. The van der Waals surface area contributed by atoms with E-state index in [9.17, 15) is 31.7 Å². The van der Waals surface area contributed by atoms with E-state index in [1.807, 2.05) is 113 Å². The summed E-state index contributed by atoms with van der Waals surface area (Å²) in [5, 5.41) is 16.6. The van der Waals surface area contributed by atoms with Crippen molar-refractivity contribution < 1.29 is 30.6 Å². The van der Waals surface area contributed by atoms with Crippen LogP contribution < -0.4 is 10.6 Å². The quantitative estimate of drug-likeness (QED) is 0.107. The van der Waals surface area contributed by atoms with Gasteiger partial charge in [0, 0.05) is 31.6 Å². The fraction of sp³-hybridized carbons (Fsp3) is 0.246. The molecule has 12 nitrogen and oxygen atoms in total. The molecule has 2 N–H and O–H groups in total. The number of nitrogens with one attached hydrogen (secondary N) is 2. The van der Waals surface area contributed by atoms with Crippen LogP contribution in [0.2, 0.25) is 0 Å². The van der Waals surface area contributed by atoms with Crippen LogP contribution in [0.5, 0.6) is 0 Å². The summed E-state index contributed by atoms with van der Waals surface area (Å²) in [4.78, 5) is 29.6. The van der Waals surface area contributed by atoms with Gasteiger partial charge in [-0.15, -0.1) is 0 Å². The second kappa shape index (κ2) is 21.1. The predicted octanol–water partition coefficient (Wildman–Crippen LogP) is 9.68. The van der Waals surface area contributed by atoms with E-state index in [1.54, 1.807) is 66.7 Å². The highest BCUT2D eigenvalue weighted by Gasteiger charge is 2.42. The number of benzene rings is 7. The molecule has 0 saturated carbocycles. The summed E-state index contributed by atoms with van der Waals surface area (Å²) in [6, 6.07) is 40.8. The van der Waals surface area contributed by atoms with E-state index in [0.717, 1.165) is 61.2 Å². The van der Waals surface area contributed by atoms with Crippen molar-refractivity contribution in [2.45, 2.75) is 101 Å². The summed E-state index contributed by atoms with van der Waals surface area (Å²) in [6.07, 6.45) is 1.91. The summed E-state index contributed by atoms with van der Waals surface area (Å²) >= 11 is 0. The number of aryl methyl sites for hydroxylation is 6. The first-order chi connectivity index (χ1) is 36.0. The maximum Gasteiger partial charge on any atom is 0.244 e. The van der Waals surface area contributed by atoms with Crippen molar-refractivity contribution in [3.05, 3.63) is 200 Å². The Kier molecular flexibility index (Phi) is 14.9. The molecule has 76 heavy (non-hydrogen) atoms. The average Bonchev–Trinajstić information content (AvgIpc) is 3.38. The molecule has 7 aromatic rings. The van der Waals surface area contributed by atoms with E-state index in [-0.39, 0.29) is 48.2 Å². The standard InChI is InChI=1S/C61H61N5O7S3/c1-38-25-40(3)58(41(4)26-38)74(7,69)65-36-49-21-19-46(45-13-12-16-54(32-45)75(8,70)71)30-50(49)34-56(65)60(67)63-24-23-44-17-22-55(51(29-44)35-62)48-20-18-47-33-57(61(68)64-53-14-10-9-11-15-53)66(37-52(47)31-48)76(72,73)59-42(5)27-39(2)28-43(59)6/h9-22,25-32,56-57H,7,23-24,33-34,36-37H2,1-6,8H3,(H,63,67)(H,64,68). The monoisotopic (exact) mass is 1070 g/mol. The van der Waals surface area contributed by atoms with Crippen LogP contribution in [0.3, 0.4) is 0 Å². The zero-order chi connectivity index (χ0) is 54.4. The largest absolute Gasteiger partial charge is 0.354 e. The number of nitriles is 1. The number of nitrogens with zero attached hydrogens (tertiary/aromatic N) is 3. The Bertz CT molecular complexity index is 3840. The lowest BCUT2D eigenvalue weighted by atomic mass is 9.90. The van der Waals surface area contributed by atoms with Crippen molar-refractivity contribution in [2.24, 2.45) is 0 Å². The van der Waals surface area contributed by atoms with Crippen LogP contribution in [0, 0.1) is 52.9 Å². The molecule has 9 rings (SSSR count). The van der Waals surface area contributed by atoms with Crippen LogP contribution in [-0.2, 0) is 71.5 Å². The van der Waals surface area contributed by atoms with Crippen molar-refractivity contribution in [1.82, 2.24) is 13.9 Å². The van der Waals surface area contributed by atoms with E-state index in [4.69, 9.17) is 0 Å². The van der Waals surface area contributed by atoms with Crippen molar-refractivity contribution >= 4 is 52.9 Å². The minimum Gasteiger partial charge on any atom is -0.354 e. The van der Waals surface area contributed by atoms with Crippen LogP contribution in [0.15, 0.2) is 148 Å². The van der Waals surface area contributed by atoms with Crippen molar-refractivity contribution in [3.8, 4) is 28.3 Å². The summed E-state index contributed by atoms with van der Waals surface area (Å²) < 4.78 is 72.6. The molecule has 2 heterocycles. The first kappa shape index (κ1) is 53.6. The van der Waals surface area contributed by atoms with E-state index in [0.29, 0.717) is 44.8 Å². The number of hydrogen-bond donors (Lipinski definition) is 2. The Morgan fingerprint density at radius 2 is 1.18 bits per heavy atom. The highest BCUT2D eigenvalue weighted by atomic mass is 32.2. The Morgan fingerprint density at radius 1 is 0.605 bits per heavy atom. The van der Waals surface area contributed by atoms with Gasteiger partial charge in [0.2, 0.25) is 21.8 Å². The first-order valence-corrected chi connectivity index (χ1v) is 30.1. The highest BCUT2D eigenvalue weighted by molar-refractivity contribution is 7.98. The Morgan fingerprint density at radius 3 is 1.84 bits per heavy atom. The molecule has 0 saturated heterocycles. The topological polar surface area (TPSA) is 174 Å². The number of hydrogen-bond acceptors (Lipinski definition) is 8. The number of para-hydroxylation sites is 1. The normalized spacial score (nSPS) is 16.7. The van der Waals surface area contributed by atoms with Gasteiger partial charge in [0.1, 0.15) is 12.1 Å². The zero-order valence-electron chi connectivity index (χ0n) is 43.7. The summed E-state index contributed by atoms with van der Waals surface area (Å²) in [5.41, 5.74) is 12.7. The Balaban J connectivity index is 0.968. The molecule has 15 heteroatoms. The molecule has 0 bridgehead atoms. The molecule has 0 aliphatic carbocycles. The van der Waals surface area contributed by atoms with E-state index in [2.05, 4.69) is 22.6 Å². The van der Waals surface area contributed by atoms with Gasteiger partial charge in [0.15, 0.2) is 9.84 Å². The SMILES string of the molecule is C=S(=O)(c1c(C)cc(C)cc1C)N1Cc2ccc(-c3cccc(S(C)(=O)=O)c3)cc2CC1C(=O)NCCc1ccc(-c2ccc3c(c2)CN(S(=O)(=O)c2c(C)cc(C)cc2C)C(C(=O)Nc2ccccc2)C3)c(C#N)c1. The van der Waals surface area contributed by atoms with Crippen LogP contribution >= 0.6 is 0 Å². The zero-order valence-corrected chi connectivity index (χ0v) is 46.2. The number of sulfone groups is 1. The van der Waals surface area contributed by atoms with Gasteiger partial charge in [-0.3, -0.25) is 9.59 Å². The van der Waals surface area contributed by atoms with Gasteiger partial charge >= 0.3 is 0 Å². The minimum atomic E-state index is -4.19. The lowest BCUT2D eigenvalue weighted by molar-refractivity contribution is -0.125. The second-order valence-corrected chi connectivity index (χ2v) is 26.3. The third kappa shape index (κ3) is 10.8. The molecule has 3 atom stereocenters. The third-order valence-electron chi connectivity index (χ3n) is 14.5. The number of amides is 2. The molecule has 0 radical (unpaired) electrons. The van der Waals surface area contributed by atoms with Crippen LogP contribution in [0.4, 0.5) is 5.69 Å². The molecule has 390 valence electrons. The minimum absolute atomic E-state index is 0.0670. The lowest BCUT2D eigenvalue weighted by Gasteiger charge is -2.38. The van der Waals surface area contributed by atoms with Crippen molar-refractivity contribution in [3.63, 3.8) is 0 Å². The fourth-order valence-electron chi connectivity index (χ4n) is 11.1. The van der Waals surface area contributed by atoms with Gasteiger partial charge in [-0.1, -0.05) is 108 Å². The van der Waals surface area contributed by atoms with Crippen LogP contribution in [-0.4, -0.2) is 72.2 Å². The van der Waals surface area contributed by atoms with E-state index < -0.39 is 47.6 Å². The van der Waals surface area contributed by atoms with Gasteiger partial charge in [-0.2, -0.15) is 9.57 Å². The summed E-state index contributed by atoms with van der Waals surface area (Å²) in [5.74, 6) is 3.56. The molecule has 0 fully saturated rings. The molecule has 2 amide bonds. The van der Waals surface area contributed by atoms with Crippen molar-refractivity contribution in [2.75, 3.05) is 18.1 Å². The van der Waals surface area contributed by atoms with Gasteiger partial charge in [0.05, 0.1) is 36.0 Å². The molecule has 2 aliphatic rings. The highest BCUT2D eigenvalue weighted by Crippen LogP contribution is 2.38. The maximum atomic E-state index is 15.2. The summed E-state index contributed by atoms with van der Waals surface area (Å²) in [7, 11) is -10.9.